The number of hydrogen-bond donors (Lipinski definition) is 0. The molecule has 0 aliphatic carbocycles. The van der Waals surface area contributed by atoms with Gasteiger partial charge in [0, 0.05) is 70.5 Å². The summed E-state index contributed by atoms with van der Waals surface area (Å²) in [5.41, 5.74) is 3.87. The Morgan fingerprint density at radius 1 is 0.881 bits per heavy atom. The Morgan fingerprint density at radius 3 is 2.40 bits per heavy atom. The van der Waals surface area contributed by atoms with E-state index < -0.39 is 0 Å². The smallest absolute Gasteiger partial charge is 0.252 e. The van der Waals surface area contributed by atoms with Crippen LogP contribution in [0.15, 0.2) is 61.1 Å². The molecule has 0 spiro atoms. The van der Waals surface area contributed by atoms with Gasteiger partial charge in [0.2, 0.25) is 5.91 Å². The largest absolute Gasteiger partial charge is 0.375 e. The van der Waals surface area contributed by atoms with E-state index >= 15 is 0 Å². The van der Waals surface area contributed by atoms with E-state index in [2.05, 4.69) is 26.1 Å². The SMILES string of the molecule is COCC(=O)N1CCCCCCCN(C(=O)CC2CCN(c3cccnn3)CC2)Cc2cc(-c3cccnc3)ccc21. The fourth-order valence-electron chi connectivity index (χ4n) is 6.07. The maximum Gasteiger partial charge on any atom is 0.252 e. The molecule has 2 amide bonds. The lowest BCUT2D eigenvalue weighted by Gasteiger charge is -2.34. The number of anilines is 2. The maximum atomic E-state index is 13.9. The second-order valence-electron chi connectivity index (χ2n) is 11.4. The van der Waals surface area contributed by atoms with Crippen molar-refractivity contribution in [1.29, 1.82) is 0 Å². The Hall–Kier alpha value is -3.85. The Kier molecular flexibility index (Phi) is 10.5. The number of benzene rings is 1. The van der Waals surface area contributed by atoms with Crippen molar-refractivity contribution in [3.63, 3.8) is 0 Å². The highest BCUT2D eigenvalue weighted by atomic mass is 16.5. The van der Waals surface area contributed by atoms with Crippen LogP contribution in [0.25, 0.3) is 11.1 Å². The van der Waals surface area contributed by atoms with E-state index in [1.165, 1.54) is 0 Å². The molecule has 1 fully saturated rings. The second-order valence-corrected chi connectivity index (χ2v) is 11.4. The molecule has 0 radical (unpaired) electrons. The average molecular weight is 571 g/mol. The number of ether oxygens (including phenoxy) is 1. The zero-order chi connectivity index (χ0) is 29.1. The number of nitrogens with zero attached hydrogens (tertiary/aromatic N) is 6. The van der Waals surface area contributed by atoms with Crippen LogP contribution in [0.5, 0.6) is 0 Å². The lowest BCUT2D eigenvalue weighted by Crippen LogP contribution is -2.39. The van der Waals surface area contributed by atoms with E-state index in [0.29, 0.717) is 25.4 Å². The molecule has 2 aliphatic heterocycles. The molecule has 9 nitrogen and oxygen atoms in total. The lowest BCUT2D eigenvalue weighted by atomic mass is 9.92. The number of amides is 2. The summed E-state index contributed by atoms with van der Waals surface area (Å²) in [5.74, 6) is 1.38. The third-order valence-electron chi connectivity index (χ3n) is 8.42. The molecule has 42 heavy (non-hydrogen) atoms. The van der Waals surface area contributed by atoms with Crippen LogP contribution >= 0.6 is 0 Å². The highest BCUT2D eigenvalue weighted by Crippen LogP contribution is 2.31. The van der Waals surface area contributed by atoms with E-state index in [0.717, 1.165) is 92.8 Å². The van der Waals surface area contributed by atoms with Gasteiger partial charge in [0.15, 0.2) is 5.82 Å². The van der Waals surface area contributed by atoms with E-state index in [4.69, 9.17) is 4.74 Å². The van der Waals surface area contributed by atoms with Gasteiger partial charge in [-0.2, -0.15) is 5.10 Å². The minimum atomic E-state index is -0.0577. The number of carbonyl (C=O) groups excluding carboxylic acids is 2. The maximum absolute atomic E-state index is 13.9. The van der Waals surface area contributed by atoms with Gasteiger partial charge in [0.1, 0.15) is 6.61 Å². The predicted molar refractivity (Wildman–Crippen MR) is 164 cm³/mol. The van der Waals surface area contributed by atoms with E-state index in [9.17, 15) is 9.59 Å². The molecule has 5 rings (SSSR count). The van der Waals surface area contributed by atoms with Crippen LogP contribution in [0.1, 0.15) is 56.9 Å². The predicted octanol–water partition coefficient (Wildman–Crippen LogP) is 5.12. The molecule has 0 atom stereocenters. The van der Waals surface area contributed by atoms with Gasteiger partial charge in [-0.25, -0.2) is 0 Å². The summed E-state index contributed by atoms with van der Waals surface area (Å²) in [6, 6.07) is 14.1. The van der Waals surface area contributed by atoms with Crippen LogP contribution in [0, 0.1) is 5.92 Å². The van der Waals surface area contributed by atoms with Crippen molar-refractivity contribution in [3.8, 4) is 11.1 Å². The molecule has 222 valence electrons. The molecule has 0 bridgehead atoms. The third kappa shape index (κ3) is 7.70. The summed E-state index contributed by atoms with van der Waals surface area (Å²) in [5, 5.41) is 8.27. The molecule has 1 aromatic carbocycles. The van der Waals surface area contributed by atoms with Crippen molar-refractivity contribution in [2.75, 3.05) is 49.7 Å². The number of rotatable bonds is 6. The summed E-state index contributed by atoms with van der Waals surface area (Å²) < 4.78 is 5.24. The molecule has 4 heterocycles. The number of methoxy groups -OCH3 is 1. The number of piperidine rings is 1. The molecule has 0 N–H and O–H groups in total. The number of fused-ring (bicyclic) bond motifs is 1. The summed E-state index contributed by atoms with van der Waals surface area (Å²) >= 11 is 0. The minimum absolute atomic E-state index is 0.0275. The monoisotopic (exact) mass is 570 g/mol. The molecule has 2 aromatic heterocycles. The van der Waals surface area contributed by atoms with Crippen molar-refractivity contribution >= 4 is 23.3 Å². The topological polar surface area (TPSA) is 91.8 Å². The summed E-state index contributed by atoms with van der Waals surface area (Å²) in [7, 11) is 1.55. The number of aromatic nitrogens is 3. The van der Waals surface area contributed by atoms with Crippen LogP contribution in [-0.2, 0) is 20.9 Å². The fraction of sp³-hybridized carbons (Fsp3) is 0.485. The zero-order valence-corrected chi connectivity index (χ0v) is 24.7. The molecule has 2 aliphatic rings. The first-order chi connectivity index (χ1) is 20.6. The van der Waals surface area contributed by atoms with Gasteiger partial charge in [-0.15, -0.1) is 5.10 Å². The second kappa shape index (κ2) is 14.9. The van der Waals surface area contributed by atoms with Crippen LogP contribution in [0.2, 0.25) is 0 Å². The molecule has 3 aromatic rings. The standard InChI is InChI=1S/C33H42N6O3/c1-42-25-33(41)39-18-6-4-2-3-5-17-38(24-29-22-27(11-12-30(29)39)28-9-7-15-34-23-28)32(40)21-26-13-19-37(20-14-26)31-10-8-16-35-36-31/h7-12,15-16,22-23,26H,2-6,13-14,17-21,24-25H2,1H3. The Balaban J connectivity index is 1.38. The minimum Gasteiger partial charge on any atom is -0.375 e. The number of hydrogen-bond acceptors (Lipinski definition) is 7. The summed E-state index contributed by atoms with van der Waals surface area (Å²) in [4.78, 5) is 37.6. The highest BCUT2D eigenvalue weighted by molar-refractivity contribution is 5.95. The van der Waals surface area contributed by atoms with Gasteiger partial charge in [0.05, 0.1) is 0 Å². The zero-order valence-electron chi connectivity index (χ0n) is 24.7. The van der Waals surface area contributed by atoms with E-state index in [-0.39, 0.29) is 18.4 Å². The molecular formula is C33H42N6O3. The summed E-state index contributed by atoms with van der Waals surface area (Å²) in [6.07, 6.45) is 12.9. The third-order valence-corrected chi connectivity index (χ3v) is 8.42. The van der Waals surface area contributed by atoms with Gasteiger partial charge in [-0.1, -0.05) is 31.4 Å². The van der Waals surface area contributed by atoms with Crippen molar-refractivity contribution < 1.29 is 14.3 Å². The number of pyridine rings is 1. The fourth-order valence-corrected chi connectivity index (χ4v) is 6.07. The molecule has 1 saturated heterocycles. The van der Waals surface area contributed by atoms with Gasteiger partial charge in [-0.05, 0) is 78.6 Å². The van der Waals surface area contributed by atoms with Crippen molar-refractivity contribution in [3.05, 3.63) is 66.6 Å². The average Bonchev–Trinajstić information content (AvgIpc) is 3.02. The summed E-state index contributed by atoms with van der Waals surface area (Å²) in [6.45, 7) is 3.62. The molecule has 0 saturated carbocycles. The quantitative estimate of drug-likeness (QED) is 0.406. The highest BCUT2D eigenvalue weighted by Gasteiger charge is 2.27. The van der Waals surface area contributed by atoms with Crippen LogP contribution in [0.4, 0.5) is 11.5 Å². The Labute approximate surface area is 248 Å². The number of carbonyl (C=O) groups is 2. The van der Waals surface area contributed by atoms with Crippen LogP contribution in [0.3, 0.4) is 0 Å². The molecule has 0 unspecified atom stereocenters. The van der Waals surface area contributed by atoms with Crippen molar-refractivity contribution in [2.24, 2.45) is 5.92 Å². The Morgan fingerprint density at radius 2 is 1.67 bits per heavy atom. The lowest BCUT2D eigenvalue weighted by molar-refractivity contribution is -0.133. The molecular weight excluding hydrogens is 528 g/mol. The normalized spacial score (nSPS) is 17.2. The van der Waals surface area contributed by atoms with Gasteiger partial charge in [0.25, 0.3) is 5.91 Å². The van der Waals surface area contributed by atoms with Gasteiger partial charge < -0.3 is 19.4 Å². The van der Waals surface area contributed by atoms with E-state index in [1.54, 1.807) is 19.5 Å². The molecule has 9 heteroatoms. The van der Waals surface area contributed by atoms with Gasteiger partial charge >= 0.3 is 0 Å². The van der Waals surface area contributed by atoms with Gasteiger partial charge in [-0.3, -0.25) is 14.6 Å². The first kappa shape index (κ1) is 29.6. The van der Waals surface area contributed by atoms with Crippen LogP contribution < -0.4 is 9.80 Å². The first-order valence-electron chi connectivity index (χ1n) is 15.3. The van der Waals surface area contributed by atoms with Crippen molar-refractivity contribution in [2.45, 2.75) is 57.9 Å². The van der Waals surface area contributed by atoms with Crippen molar-refractivity contribution in [1.82, 2.24) is 20.1 Å². The van der Waals surface area contributed by atoms with Crippen LogP contribution in [-0.4, -0.2) is 71.8 Å². The Bertz CT molecular complexity index is 1300. The first-order valence-corrected chi connectivity index (χ1v) is 15.3. The van der Waals surface area contributed by atoms with E-state index in [1.807, 2.05) is 52.4 Å².